The van der Waals surface area contributed by atoms with Gasteiger partial charge in [0.25, 0.3) is 5.91 Å². The van der Waals surface area contributed by atoms with Crippen LogP contribution in [0, 0.1) is 0 Å². The highest BCUT2D eigenvalue weighted by Gasteiger charge is 2.23. The number of aromatic nitrogens is 3. The fraction of sp³-hybridized carbons (Fsp3) is 0.233. The molecule has 40 heavy (non-hydrogen) atoms. The van der Waals surface area contributed by atoms with Gasteiger partial charge in [-0.3, -0.25) is 9.78 Å². The molecular formula is C30H31Cl2N7O. The third-order valence-electron chi connectivity index (χ3n) is 7.32. The van der Waals surface area contributed by atoms with E-state index in [2.05, 4.69) is 43.7 Å². The highest BCUT2D eigenvalue weighted by atomic mass is 35.5. The quantitative estimate of drug-likeness (QED) is 0.205. The van der Waals surface area contributed by atoms with Gasteiger partial charge >= 0.3 is 0 Å². The molecule has 0 radical (unpaired) electrons. The Labute approximate surface area is 243 Å². The van der Waals surface area contributed by atoms with Gasteiger partial charge in [0, 0.05) is 66.5 Å². The Balaban J connectivity index is 0.00000323. The third-order valence-corrected chi connectivity index (χ3v) is 7.55. The lowest BCUT2D eigenvalue weighted by Gasteiger charge is -2.34. The largest absolute Gasteiger partial charge is 0.378 e. The number of rotatable bonds is 6. The number of carbonyl (C=O) groups is 1. The van der Waals surface area contributed by atoms with Crippen LogP contribution < -0.4 is 21.3 Å². The van der Waals surface area contributed by atoms with Gasteiger partial charge in [0.2, 0.25) is 0 Å². The van der Waals surface area contributed by atoms with Crippen LogP contribution in [0.1, 0.15) is 28.8 Å². The van der Waals surface area contributed by atoms with Gasteiger partial charge in [-0.25, -0.2) is 4.98 Å². The van der Waals surface area contributed by atoms with Gasteiger partial charge in [-0.2, -0.15) is 0 Å². The maximum absolute atomic E-state index is 12.3. The van der Waals surface area contributed by atoms with E-state index in [-0.39, 0.29) is 24.4 Å². The molecule has 0 spiro atoms. The van der Waals surface area contributed by atoms with Crippen molar-refractivity contribution in [3.05, 3.63) is 83.3 Å². The van der Waals surface area contributed by atoms with Crippen LogP contribution in [-0.4, -0.2) is 47.0 Å². The van der Waals surface area contributed by atoms with Gasteiger partial charge in [0.15, 0.2) is 0 Å². The first-order chi connectivity index (χ1) is 19.0. The zero-order valence-corrected chi connectivity index (χ0v) is 23.6. The molecule has 1 saturated heterocycles. The van der Waals surface area contributed by atoms with Crippen LogP contribution in [0.15, 0.2) is 67.1 Å². The molecule has 6 rings (SSSR count). The Kier molecular flexibility index (Phi) is 8.12. The summed E-state index contributed by atoms with van der Waals surface area (Å²) in [5.74, 6) is -0.168. The van der Waals surface area contributed by atoms with Crippen molar-refractivity contribution >= 4 is 63.2 Å². The number of hydrogen-bond acceptors (Lipinski definition) is 6. The van der Waals surface area contributed by atoms with E-state index in [1.807, 2.05) is 42.7 Å². The molecule has 2 aromatic carbocycles. The average Bonchev–Trinajstić information content (AvgIpc) is 3.38. The van der Waals surface area contributed by atoms with E-state index in [4.69, 9.17) is 22.3 Å². The maximum atomic E-state index is 12.3. The summed E-state index contributed by atoms with van der Waals surface area (Å²) >= 11 is 6.23. The minimum atomic E-state index is -0.168. The SMILES string of the molecule is CNC(=O)c1cnc2[nH]cc(-c3ccc4ncc(NCc5cccc(Cl)c5)c(N5CCC[C@H](N)C5)c4c3)c2c1.Cl. The van der Waals surface area contributed by atoms with E-state index in [0.29, 0.717) is 17.1 Å². The van der Waals surface area contributed by atoms with Gasteiger partial charge in [0.05, 0.1) is 28.7 Å². The molecule has 10 heteroatoms. The summed E-state index contributed by atoms with van der Waals surface area (Å²) in [6, 6.07) is 16.1. The number of benzene rings is 2. The Bertz CT molecular complexity index is 1690. The average molecular weight is 577 g/mol. The number of H-pyrrole nitrogens is 1. The molecule has 0 aliphatic carbocycles. The number of nitrogens with one attached hydrogen (secondary N) is 3. The topological polar surface area (TPSA) is 112 Å². The zero-order chi connectivity index (χ0) is 26.9. The fourth-order valence-corrected chi connectivity index (χ4v) is 5.60. The van der Waals surface area contributed by atoms with Crippen LogP contribution >= 0.6 is 24.0 Å². The van der Waals surface area contributed by atoms with Crippen molar-refractivity contribution in [2.75, 3.05) is 30.4 Å². The smallest absolute Gasteiger partial charge is 0.252 e. The lowest BCUT2D eigenvalue weighted by atomic mass is 9.99. The lowest BCUT2D eigenvalue weighted by Crippen LogP contribution is -2.43. The Morgan fingerprint density at radius 1 is 1.15 bits per heavy atom. The third kappa shape index (κ3) is 5.43. The number of nitrogens with two attached hydrogens (primary N) is 1. The van der Waals surface area contributed by atoms with Crippen LogP contribution in [0.5, 0.6) is 0 Å². The number of piperidine rings is 1. The molecule has 5 aromatic rings. The first kappa shape index (κ1) is 27.7. The number of hydrogen-bond donors (Lipinski definition) is 4. The molecule has 0 bridgehead atoms. The van der Waals surface area contributed by atoms with E-state index in [1.54, 1.807) is 13.2 Å². The number of aromatic amines is 1. The molecule has 4 heterocycles. The van der Waals surface area contributed by atoms with Crippen molar-refractivity contribution < 1.29 is 4.79 Å². The van der Waals surface area contributed by atoms with Gasteiger partial charge in [-0.15, -0.1) is 12.4 Å². The second kappa shape index (κ2) is 11.7. The van der Waals surface area contributed by atoms with E-state index < -0.39 is 0 Å². The van der Waals surface area contributed by atoms with Gasteiger partial charge in [0.1, 0.15) is 5.65 Å². The summed E-state index contributed by atoms with van der Waals surface area (Å²) in [6.45, 7) is 2.33. The van der Waals surface area contributed by atoms with Crippen molar-refractivity contribution in [2.24, 2.45) is 5.73 Å². The van der Waals surface area contributed by atoms with Gasteiger partial charge in [-0.1, -0.05) is 29.8 Å². The minimum absolute atomic E-state index is 0. The number of pyridine rings is 2. The molecular weight excluding hydrogens is 545 g/mol. The number of anilines is 2. The highest BCUT2D eigenvalue weighted by molar-refractivity contribution is 6.30. The number of nitrogens with zero attached hydrogens (tertiary/aromatic N) is 3. The van der Waals surface area contributed by atoms with Crippen molar-refractivity contribution in [3.63, 3.8) is 0 Å². The predicted octanol–water partition coefficient (Wildman–Crippen LogP) is 5.75. The van der Waals surface area contributed by atoms with Gasteiger partial charge in [-0.05, 0) is 54.3 Å². The Hall–Kier alpha value is -3.85. The first-order valence-electron chi connectivity index (χ1n) is 13.1. The van der Waals surface area contributed by atoms with E-state index in [0.717, 1.165) is 75.9 Å². The molecule has 1 amide bonds. The standard InChI is InChI=1S/C30H30ClN7O.ClH/c1-33-30(39)20-12-23-25(15-37-29(23)36-14-20)19-7-8-26-24(11-19)28(38-9-3-6-22(32)17-38)27(16-35-26)34-13-18-4-2-5-21(31)10-18;/h2,4-5,7-8,10-12,14-16,22,34H,3,6,9,13,17,32H2,1H3,(H,33,39)(H,36,37);1H/t22-;/m0./s1. The second-order valence-electron chi connectivity index (χ2n) is 9.99. The molecule has 1 atom stereocenters. The maximum Gasteiger partial charge on any atom is 0.252 e. The van der Waals surface area contributed by atoms with E-state index in [9.17, 15) is 4.79 Å². The molecule has 1 aliphatic heterocycles. The normalized spacial score (nSPS) is 15.2. The monoisotopic (exact) mass is 575 g/mol. The Morgan fingerprint density at radius 3 is 2.83 bits per heavy atom. The molecule has 8 nitrogen and oxygen atoms in total. The summed E-state index contributed by atoms with van der Waals surface area (Å²) in [4.78, 5) is 27.2. The molecule has 206 valence electrons. The number of carbonyl (C=O) groups excluding carboxylic acids is 1. The van der Waals surface area contributed by atoms with Crippen LogP contribution in [0.25, 0.3) is 33.1 Å². The van der Waals surface area contributed by atoms with Gasteiger partial charge < -0.3 is 26.3 Å². The zero-order valence-electron chi connectivity index (χ0n) is 22.1. The molecule has 0 unspecified atom stereocenters. The number of halogens is 2. The van der Waals surface area contributed by atoms with Crippen molar-refractivity contribution in [3.8, 4) is 11.1 Å². The van der Waals surface area contributed by atoms with Crippen molar-refractivity contribution in [1.82, 2.24) is 20.3 Å². The lowest BCUT2D eigenvalue weighted by molar-refractivity contribution is 0.0963. The summed E-state index contributed by atoms with van der Waals surface area (Å²) in [6.07, 6.45) is 7.49. The molecule has 0 saturated carbocycles. The molecule has 5 N–H and O–H groups in total. The fourth-order valence-electron chi connectivity index (χ4n) is 5.38. The van der Waals surface area contributed by atoms with E-state index >= 15 is 0 Å². The molecule has 1 fully saturated rings. The first-order valence-corrected chi connectivity index (χ1v) is 13.5. The van der Waals surface area contributed by atoms with Crippen LogP contribution in [0.4, 0.5) is 11.4 Å². The summed E-state index contributed by atoms with van der Waals surface area (Å²) in [5, 5.41) is 8.93. The Morgan fingerprint density at radius 2 is 2.02 bits per heavy atom. The second-order valence-corrected chi connectivity index (χ2v) is 10.4. The minimum Gasteiger partial charge on any atom is -0.378 e. The highest BCUT2D eigenvalue weighted by Crippen LogP contribution is 2.38. The van der Waals surface area contributed by atoms with Crippen molar-refractivity contribution in [1.29, 1.82) is 0 Å². The van der Waals surface area contributed by atoms with Crippen LogP contribution in [-0.2, 0) is 6.54 Å². The summed E-state index contributed by atoms with van der Waals surface area (Å²) in [7, 11) is 1.62. The van der Waals surface area contributed by atoms with Crippen LogP contribution in [0.3, 0.4) is 0 Å². The summed E-state index contributed by atoms with van der Waals surface area (Å²) < 4.78 is 0. The van der Waals surface area contributed by atoms with Crippen molar-refractivity contribution in [2.45, 2.75) is 25.4 Å². The van der Waals surface area contributed by atoms with E-state index in [1.165, 1.54) is 0 Å². The number of amides is 1. The molecule has 1 aliphatic rings. The number of fused-ring (bicyclic) bond motifs is 2. The molecule has 3 aromatic heterocycles. The van der Waals surface area contributed by atoms with Crippen LogP contribution in [0.2, 0.25) is 5.02 Å². The predicted molar refractivity (Wildman–Crippen MR) is 166 cm³/mol. The summed E-state index contributed by atoms with van der Waals surface area (Å²) in [5.41, 5.74) is 13.7.